The molecule has 18 heavy (non-hydrogen) atoms. The number of benzene rings is 1. The predicted molar refractivity (Wildman–Crippen MR) is 69.3 cm³/mol. The van der Waals surface area contributed by atoms with Gasteiger partial charge >= 0.3 is 5.97 Å². The molecular formula is C14H19NO3. The normalized spacial score (nSPS) is 12.9. The van der Waals surface area contributed by atoms with Crippen LogP contribution in [0.15, 0.2) is 30.3 Å². The number of likely N-dealkylation sites (N-methyl/N-ethyl adjacent to an activating group) is 1. The Hall–Kier alpha value is -1.84. The van der Waals surface area contributed by atoms with Crippen molar-refractivity contribution in [3.63, 3.8) is 0 Å². The highest BCUT2D eigenvalue weighted by atomic mass is 16.4. The summed E-state index contributed by atoms with van der Waals surface area (Å²) in [7, 11) is 1.52. The fraction of sp³-hybridized carbons (Fsp3) is 0.429. The molecule has 1 aromatic carbocycles. The molecule has 0 fully saturated rings. The minimum atomic E-state index is -1.00. The van der Waals surface area contributed by atoms with Crippen LogP contribution in [-0.4, -0.2) is 35.0 Å². The number of amides is 1. The summed E-state index contributed by atoms with van der Waals surface area (Å²) >= 11 is 0. The molecule has 1 N–H and O–H groups in total. The molecule has 1 aromatic rings. The van der Waals surface area contributed by atoms with Gasteiger partial charge in [0.2, 0.25) is 5.91 Å². The average molecular weight is 249 g/mol. The molecule has 1 rings (SSSR count). The van der Waals surface area contributed by atoms with Crippen LogP contribution in [0.1, 0.15) is 26.3 Å². The monoisotopic (exact) mass is 249 g/mol. The Morgan fingerprint density at radius 1 is 1.22 bits per heavy atom. The number of carbonyl (C=O) groups excluding carboxylic acids is 1. The van der Waals surface area contributed by atoms with Crippen molar-refractivity contribution >= 4 is 11.9 Å². The van der Waals surface area contributed by atoms with E-state index in [9.17, 15) is 9.59 Å². The highest BCUT2D eigenvalue weighted by molar-refractivity contribution is 5.90. The Morgan fingerprint density at radius 2 is 1.72 bits per heavy atom. The first kappa shape index (κ1) is 14.2. The van der Waals surface area contributed by atoms with Gasteiger partial charge in [0.25, 0.3) is 0 Å². The van der Waals surface area contributed by atoms with Crippen molar-refractivity contribution in [1.82, 2.24) is 4.90 Å². The van der Waals surface area contributed by atoms with E-state index in [0.29, 0.717) is 0 Å². The van der Waals surface area contributed by atoms with E-state index >= 15 is 0 Å². The summed E-state index contributed by atoms with van der Waals surface area (Å²) in [5, 5.41) is 8.94. The first-order chi connectivity index (χ1) is 8.28. The number of hydrogen-bond donors (Lipinski definition) is 1. The van der Waals surface area contributed by atoms with Crippen molar-refractivity contribution in [2.75, 3.05) is 7.05 Å². The molecule has 0 saturated heterocycles. The van der Waals surface area contributed by atoms with Gasteiger partial charge in [-0.15, -0.1) is 0 Å². The van der Waals surface area contributed by atoms with Crippen LogP contribution >= 0.6 is 0 Å². The molecule has 98 valence electrons. The Bertz CT molecular complexity index is 440. The summed E-state index contributed by atoms with van der Waals surface area (Å²) < 4.78 is 0. The summed E-state index contributed by atoms with van der Waals surface area (Å²) in [5.41, 5.74) is 0.138. The lowest BCUT2D eigenvalue weighted by Crippen LogP contribution is -2.48. The van der Waals surface area contributed by atoms with Crippen molar-refractivity contribution in [2.45, 2.75) is 32.2 Å². The molecule has 0 bridgehead atoms. The first-order valence-electron chi connectivity index (χ1n) is 5.84. The second kappa shape index (κ2) is 5.21. The van der Waals surface area contributed by atoms with E-state index < -0.39 is 17.4 Å². The number of hydrogen-bond acceptors (Lipinski definition) is 2. The van der Waals surface area contributed by atoms with E-state index in [1.165, 1.54) is 18.9 Å². The maximum Gasteiger partial charge on any atom is 0.326 e. The number of nitrogens with zero attached hydrogens (tertiary/aromatic N) is 1. The fourth-order valence-electron chi connectivity index (χ4n) is 1.76. The van der Waals surface area contributed by atoms with E-state index in [4.69, 9.17) is 5.11 Å². The molecule has 0 aliphatic carbocycles. The van der Waals surface area contributed by atoms with Gasteiger partial charge in [0.05, 0.1) is 5.41 Å². The zero-order chi connectivity index (χ0) is 13.9. The first-order valence-corrected chi connectivity index (χ1v) is 5.84. The molecule has 1 amide bonds. The lowest BCUT2D eigenvalue weighted by atomic mass is 9.83. The van der Waals surface area contributed by atoms with Crippen molar-refractivity contribution in [3.8, 4) is 0 Å². The second-order valence-corrected chi connectivity index (χ2v) is 4.92. The summed E-state index contributed by atoms with van der Waals surface area (Å²) in [6.45, 7) is 5.10. The van der Waals surface area contributed by atoms with Crippen LogP contribution in [0.3, 0.4) is 0 Å². The molecule has 0 aliphatic rings. The molecule has 0 heterocycles. The van der Waals surface area contributed by atoms with Gasteiger partial charge in [0.1, 0.15) is 6.04 Å². The van der Waals surface area contributed by atoms with E-state index in [2.05, 4.69) is 0 Å². The second-order valence-electron chi connectivity index (χ2n) is 4.92. The maximum absolute atomic E-state index is 12.4. The Labute approximate surface area is 107 Å². The van der Waals surface area contributed by atoms with Gasteiger partial charge in [-0.1, -0.05) is 30.3 Å². The quantitative estimate of drug-likeness (QED) is 0.886. The molecule has 4 nitrogen and oxygen atoms in total. The standard InChI is InChI=1S/C14H19NO3/c1-10(12(16)17)15(4)13(18)14(2,3)11-8-6-5-7-9-11/h5-10H,1-4H3,(H,16,17). The largest absolute Gasteiger partial charge is 0.480 e. The van der Waals surface area contributed by atoms with Crippen LogP contribution in [0.5, 0.6) is 0 Å². The predicted octanol–water partition coefficient (Wildman–Crippen LogP) is 1.90. The summed E-state index contributed by atoms with van der Waals surface area (Å²) in [6.07, 6.45) is 0. The lowest BCUT2D eigenvalue weighted by Gasteiger charge is -2.31. The van der Waals surface area contributed by atoms with Gasteiger partial charge in [-0.2, -0.15) is 0 Å². The minimum absolute atomic E-state index is 0.205. The van der Waals surface area contributed by atoms with E-state index in [-0.39, 0.29) is 5.91 Å². The van der Waals surface area contributed by atoms with Crippen LogP contribution in [0.25, 0.3) is 0 Å². The number of carboxylic acid groups (broad SMARTS) is 1. The van der Waals surface area contributed by atoms with Crippen LogP contribution < -0.4 is 0 Å². The molecule has 0 saturated carbocycles. The third kappa shape index (κ3) is 2.70. The van der Waals surface area contributed by atoms with Crippen LogP contribution in [0.2, 0.25) is 0 Å². The SMILES string of the molecule is CC(C(=O)O)N(C)C(=O)C(C)(C)c1ccccc1. The Kier molecular flexibility index (Phi) is 4.11. The van der Waals surface area contributed by atoms with Gasteiger partial charge in [0, 0.05) is 7.05 Å². The third-order valence-corrected chi connectivity index (χ3v) is 3.29. The van der Waals surface area contributed by atoms with Crippen molar-refractivity contribution in [3.05, 3.63) is 35.9 Å². The highest BCUT2D eigenvalue weighted by Crippen LogP contribution is 2.25. The molecule has 4 heteroatoms. The number of carbonyl (C=O) groups is 2. The average Bonchev–Trinajstić information content (AvgIpc) is 2.36. The number of aliphatic carboxylic acids is 1. The zero-order valence-electron chi connectivity index (χ0n) is 11.2. The molecule has 1 atom stereocenters. The molecular weight excluding hydrogens is 230 g/mol. The van der Waals surface area contributed by atoms with Crippen LogP contribution in [0, 0.1) is 0 Å². The van der Waals surface area contributed by atoms with Crippen molar-refractivity contribution < 1.29 is 14.7 Å². The summed E-state index contributed by atoms with van der Waals surface area (Å²) in [5.74, 6) is -1.21. The topological polar surface area (TPSA) is 57.6 Å². The van der Waals surface area contributed by atoms with Gasteiger partial charge in [-0.3, -0.25) is 4.79 Å². The smallest absolute Gasteiger partial charge is 0.326 e. The molecule has 0 aromatic heterocycles. The number of rotatable bonds is 4. The van der Waals surface area contributed by atoms with Gasteiger partial charge in [-0.25, -0.2) is 4.79 Å². The minimum Gasteiger partial charge on any atom is -0.480 e. The van der Waals surface area contributed by atoms with Gasteiger partial charge in [0.15, 0.2) is 0 Å². The van der Waals surface area contributed by atoms with Gasteiger partial charge in [-0.05, 0) is 26.3 Å². The molecule has 1 unspecified atom stereocenters. The van der Waals surface area contributed by atoms with Crippen molar-refractivity contribution in [2.24, 2.45) is 0 Å². The zero-order valence-corrected chi connectivity index (χ0v) is 11.2. The maximum atomic E-state index is 12.4. The van der Waals surface area contributed by atoms with Crippen molar-refractivity contribution in [1.29, 1.82) is 0 Å². The van der Waals surface area contributed by atoms with E-state index in [1.54, 1.807) is 13.8 Å². The Balaban J connectivity index is 2.99. The highest BCUT2D eigenvalue weighted by Gasteiger charge is 2.35. The Morgan fingerprint density at radius 3 is 2.17 bits per heavy atom. The fourth-order valence-corrected chi connectivity index (χ4v) is 1.76. The molecule has 0 radical (unpaired) electrons. The summed E-state index contributed by atoms with van der Waals surface area (Å²) in [4.78, 5) is 24.6. The van der Waals surface area contributed by atoms with Crippen LogP contribution in [-0.2, 0) is 15.0 Å². The number of carboxylic acids is 1. The summed E-state index contributed by atoms with van der Waals surface area (Å²) in [6, 6.07) is 8.53. The molecule has 0 aliphatic heterocycles. The third-order valence-electron chi connectivity index (χ3n) is 3.29. The van der Waals surface area contributed by atoms with E-state index in [0.717, 1.165) is 5.56 Å². The molecule has 0 spiro atoms. The van der Waals surface area contributed by atoms with Gasteiger partial charge < -0.3 is 10.0 Å². The van der Waals surface area contributed by atoms with Crippen LogP contribution in [0.4, 0.5) is 0 Å². The lowest BCUT2D eigenvalue weighted by molar-refractivity contribution is -0.150. The van der Waals surface area contributed by atoms with E-state index in [1.807, 2.05) is 30.3 Å².